The summed E-state index contributed by atoms with van der Waals surface area (Å²) >= 11 is 11.8. The monoisotopic (exact) mass is 231 g/mol. The maximum absolute atomic E-state index is 6.04. The van der Waals surface area contributed by atoms with Crippen LogP contribution >= 0.6 is 23.2 Å². The largest absolute Gasteiger partial charge is 0.327 e. The lowest BCUT2D eigenvalue weighted by Crippen LogP contribution is -2.28. The van der Waals surface area contributed by atoms with Gasteiger partial charge >= 0.3 is 0 Å². The van der Waals surface area contributed by atoms with Crippen LogP contribution in [-0.4, -0.2) is 6.04 Å². The zero-order chi connectivity index (χ0) is 10.7. The normalized spacial score (nSPS) is 13.3. The minimum Gasteiger partial charge on any atom is -0.327 e. The summed E-state index contributed by atoms with van der Waals surface area (Å²) in [4.78, 5) is 0. The molecule has 1 aromatic carbocycles. The third-order valence-corrected chi connectivity index (χ3v) is 2.91. The molecule has 0 bridgehead atoms. The molecule has 1 nitrogen and oxygen atoms in total. The van der Waals surface area contributed by atoms with Crippen LogP contribution < -0.4 is 5.73 Å². The number of hydrogen-bond acceptors (Lipinski definition) is 1. The Morgan fingerprint density at radius 2 is 1.93 bits per heavy atom. The standard InChI is InChI=1S/C11H15Cl2N/c1-7(2)11(14)5-8-3-4-9(12)6-10(8)13/h3-4,6-7,11H,5,14H2,1-2H3/t11-/m0/s1. The average Bonchev–Trinajstić information content (AvgIpc) is 2.09. The average molecular weight is 232 g/mol. The van der Waals surface area contributed by atoms with Gasteiger partial charge in [0.1, 0.15) is 0 Å². The van der Waals surface area contributed by atoms with Crippen molar-refractivity contribution in [1.29, 1.82) is 0 Å². The van der Waals surface area contributed by atoms with Crippen LogP contribution in [-0.2, 0) is 6.42 Å². The lowest BCUT2D eigenvalue weighted by atomic mass is 9.97. The van der Waals surface area contributed by atoms with E-state index < -0.39 is 0 Å². The molecule has 0 aliphatic rings. The maximum Gasteiger partial charge on any atom is 0.0453 e. The molecule has 2 N–H and O–H groups in total. The Morgan fingerprint density at radius 1 is 1.29 bits per heavy atom. The molecule has 1 aromatic rings. The fourth-order valence-corrected chi connectivity index (χ4v) is 1.66. The lowest BCUT2D eigenvalue weighted by Gasteiger charge is -2.16. The quantitative estimate of drug-likeness (QED) is 0.847. The zero-order valence-corrected chi connectivity index (χ0v) is 9.94. The van der Waals surface area contributed by atoms with E-state index >= 15 is 0 Å². The van der Waals surface area contributed by atoms with Crippen LogP contribution in [0.25, 0.3) is 0 Å². The molecule has 14 heavy (non-hydrogen) atoms. The Hall–Kier alpha value is -0.240. The van der Waals surface area contributed by atoms with E-state index in [9.17, 15) is 0 Å². The molecule has 0 radical (unpaired) electrons. The summed E-state index contributed by atoms with van der Waals surface area (Å²) in [6, 6.07) is 5.68. The van der Waals surface area contributed by atoms with Crippen molar-refractivity contribution in [2.75, 3.05) is 0 Å². The van der Waals surface area contributed by atoms with Crippen LogP contribution in [0.5, 0.6) is 0 Å². The number of benzene rings is 1. The van der Waals surface area contributed by atoms with Gasteiger partial charge in [-0.3, -0.25) is 0 Å². The molecule has 0 saturated carbocycles. The van der Waals surface area contributed by atoms with Crippen molar-refractivity contribution < 1.29 is 0 Å². The Balaban J connectivity index is 2.77. The summed E-state index contributed by atoms with van der Waals surface area (Å²) in [5.74, 6) is 0.460. The van der Waals surface area contributed by atoms with Gasteiger partial charge in [-0.1, -0.05) is 43.1 Å². The van der Waals surface area contributed by atoms with Crippen molar-refractivity contribution in [3.05, 3.63) is 33.8 Å². The highest BCUT2D eigenvalue weighted by molar-refractivity contribution is 6.35. The van der Waals surface area contributed by atoms with Gasteiger partial charge < -0.3 is 5.73 Å². The minimum absolute atomic E-state index is 0.147. The van der Waals surface area contributed by atoms with Crippen LogP contribution in [0.15, 0.2) is 18.2 Å². The Labute approximate surface area is 95.2 Å². The summed E-state index contributed by atoms with van der Waals surface area (Å²) in [5.41, 5.74) is 7.03. The number of hydrogen-bond donors (Lipinski definition) is 1. The van der Waals surface area contributed by atoms with Gasteiger partial charge in [-0.2, -0.15) is 0 Å². The van der Waals surface area contributed by atoms with Crippen molar-refractivity contribution in [2.45, 2.75) is 26.3 Å². The van der Waals surface area contributed by atoms with Crippen LogP contribution in [0.2, 0.25) is 10.0 Å². The topological polar surface area (TPSA) is 26.0 Å². The smallest absolute Gasteiger partial charge is 0.0453 e. The van der Waals surface area contributed by atoms with Gasteiger partial charge in [-0.15, -0.1) is 0 Å². The second kappa shape index (κ2) is 5.01. The molecular weight excluding hydrogens is 217 g/mol. The molecule has 0 aliphatic heterocycles. The second-order valence-electron chi connectivity index (χ2n) is 3.85. The molecule has 1 rings (SSSR count). The third kappa shape index (κ3) is 3.16. The van der Waals surface area contributed by atoms with Gasteiger partial charge in [-0.05, 0) is 30.0 Å². The predicted octanol–water partition coefficient (Wildman–Crippen LogP) is 3.52. The first-order valence-corrected chi connectivity index (χ1v) is 5.46. The van der Waals surface area contributed by atoms with Gasteiger partial charge in [-0.25, -0.2) is 0 Å². The summed E-state index contributed by atoms with van der Waals surface area (Å²) < 4.78 is 0. The van der Waals surface area contributed by atoms with Gasteiger partial charge in [0.25, 0.3) is 0 Å². The van der Waals surface area contributed by atoms with E-state index in [1.807, 2.05) is 12.1 Å². The number of rotatable bonds is 3. The molecule has 3 heteroatoms. The highest BCUT2D eigenvalue weighted by Crippen LogP contribution is 2.22. The van der Waals surface area contributed by atoms with E-state index in [0.717, 1.165) is 12.0 Å². The van der Waals surface area contributed by atoms with Gasteiger partial charge in [0.05, 0.1) is 0 Å². The van der Waals surface area contributed by atoms with Crippen LogP contribution in [0.1, 0.15) is 19.4 Å². The van der Waals surface area contributed by atoms with Gasteiger partial charge in [0.2, 0.25) is 0 Å². The molecule has 0 saturated heterocycles. The molecule has 0 aromatic heterocycles. The van der Waals surface area contributed by atoms with Crippen molar-refractivity contribution in [3.63, 3.8) is 0 Å². The molecule has 0 spiro atoms. The highest BCUT2D eigenvalue weighted by atomic mass is 35.5. The van der Waals surface area contributed by atoms with E-state index in [1.165, 1.54) is 0 Å². The van der Waals surface area contributed by atoms with Crippen molar-refractivity contribution in [2.24, 2.45) is 11.7 Å². The molecule has 0 amide bonds. The summed E-state index contributed by atoms with van der Waals surface area (Å²) in [6.07, 6.45) is 0.799. The van der Waals surface area contributed by atoms with Crippen molar-refractivity contribution in [1.82, 2.24) is 0 Å². The van der Waals surface area contributed by atoms with Crippen LogP contribution in [0, 0.1) is 5.92 Å². The van der Waals surface area contributed by atoms with E-state index in [-0.39, 0.29) is 6.04 Å². The van der Waals surface area contributed by atoms with Gasteiger partial charge in [0, 0.05) is 16.1 Å². The Kier molecular flexibility index (Phi) is 4.24. The van der Waals surface area contributed by atoms with E-state index in [4.69, 9.17) is 28.9 Å². The molecule has 1 atom stereocenters. The van der Waals surface area contributed by atoms with E-state index in [1.54, 1.807) is 6.07 Å². The first-order chi connectivity index (χ1) is 6.50. The first kappa shape index (κ1) is 11.8. The van der Waals surface area contributed by atoms with E-state index in [0.29, 0.717) is 16.0 Å². The van der Waals surface area contributed by atoms with Crippen LogP contribution in [0.4, 0.5) is 0 Å². The second-order valence-corrected chi connectivity index (χ2v) is 4.69. The Morgan fingerprint density at radius 3 is 2.43 bits per heavy atom. The number of halogens is 2. The molecule has 0 fully saturated rings. The molecule has 0 heterocycles. The first-order valence-electron chi connectivity index (χ1n) is 4.70. The molecule has 0 aliphatic carbocycles. The molecular formula is C11H15Cl2N. The van der Waals surface area contributed by atoms with Gasteiger partial charge in [0.15, 0.2) is 0 Å². The summed E-state index contributed by atoms with van der Waals surface area (Å²) in [7, 11) is 0. The maximum atomic E-state index is 6.04. The highest BCUT2D eigenvalue weighted by Gasteiger charge is 2.10. The van der Waals surface area contributed by atoms with Crippen molar-refractivity contribution in [3.8, 4) is 0 Å². The van der Waals surface area contributed by atoms with Crippen LogP contribution in [0.3, 0.4) is 0 Å². The summed E-state index contributed by atoms with van der Waals surface area (Å²) in [5, 5.41) is 1.37. The number of nitrogens with two attached hydrogens (primary N) is 1. The summed E-state index contributed by atoms with van der Waals surface area (Å²) in [6.45, 7) is 4.21. The van der Waals surface area contributed by atoms with E-state index in [2.05, 4.69) is 13.8 Å². The zero-order valence-electron chi connectivity index (χ0n) is 8.43. The molecule has 0 unspecified atom stereocenters. The van der Waals surface area contributed by atoms with Crippen molar-refractivity contribution >= 4 is 23.2 Å². The fraction of sp³-hybridized carbons (Fsp3) is 0.455. The SMILES string of the molecule is CC(C)[C@@H](N)Cc1ccc(Cl)cc1Cl. The lowest BCUT2D eigenvalue weighted by molar-refractivity contribution is 0.490. The Bertz CT molecular complexity index is 310. The predicted molar refractivity (Wildman–Crippen MR) is 63.0 cm³/mol. The fourth-order valence-electron chi connectivity index (χ4n) is 1.18. The molecule has 78 valence electrons. The third-order valence-electron chi connectivity index (χ3n) is 2.33. The minimum atomic E-state index is 0.147.